The number of rotatable bonds is 2. The maximum Gasteiger partial charge on any atom is 0.184 e. The molecule has 0 saturated heterocycles. The van der Waals surface area contributed by atoms with Crippen molar-refractivity contribution in [2.75, 3.05) is 6.61 Å². The Kier molecular flexibility index (Phi) is 2.75. The van der Waals surface area contributed by atoms with E-state index in [0.29, 0.717) is 11.3 Å². The average Bonchev–Trinajstić information content (AvgIpc) is 2.33. The van der Waals surface area contributed by atoms with Crippen LogP contribution in [0.5, 0.6) is 5.75 Å². The summed E-state index contributed by atoms with van der Waals surface area (Å²) in [6.45, 7) is 1.26. The number of aliphatic hydroxyl groups is 1. The number of carbonyl (C=O) groups is 1. The summed E-state index contributed by atoms with van der Waals surface area (Å²) in [5.41, 5.74) is 7.30. The van der Waals surface area contributed by atoms with Gasteiger partial charge < -0.3 is 9.84 Å². The Hall–Kier alpha value is -2.04. The quantitative estimate of drug-likeness (QED) is 0.478. The summed E-state index contributed by atoms with van der Waals surface area (Å²) in [7, 11) is 0. The number of nitrogens with zero attached hydrogens (tertiary/aromatic N) is 3. The molecule has 1 aliphatic rings. The molecule has 0 amide bonds. The van der Waals surface area contributed by atoms with E-state index in [0.717, 1.165) is 0 Å². The number of fused-ring (bicyclic) bond motifs is 1. The van der Waals surface area contributed by atoms with Crippen LogP contribution in [0.2, 0.25) is 0 Å². The molecule has 17 heavy (non-hydrogen) atoms. The molecule has 0 spiro atoms. The predicted octanol–water partition coefficient (Wildman–Crippen LogP) is 1.69. The first-order valence-corrected chi connectivity index (χ1v) is 5.13. The van der Waals surface area contributed by atoms with Crippen LogP contribution in [0.4, 0.5) is 0 Å². The number of ether oxygens (including phenoxy) is 1. The molecule has 1 aromatic rings. The van der Waals surface area contributed by atoms with Gasteiger partial charge in [0.05, 0.1) is 11.7 Å². The van der Waals surface area contributed by atoms with E-state index in [1.165, 1.54) is 6.92 Å². The standard InChI is InChI=1S/C11H11N3O3/c1-7(15)11(13-14-12)6-17-9-5-3-2-4-8(9)10(11)16/h2-5,7,15H,6H2,1H3/t7-,11-/m0/s1. The Morgan fingerprint density at radius 1 is 1.59 bits per heavy atom. The Bertz CT molecular complexity index is 508. The highest BCUT2D eigenvalue weighted by Crippen LogP contribution is 2.33. The summed E-state index contributed by atoms with van der Waals surface area (Å²) < 4.78 is 5.38. The SMILES string of the molecule is C[C@H](O)[C@@]1(N=[N+]=[N-])COc2ccccc2C1=O. The monoisotopic (exact) mass is 233 g/mol. The summed E-state index contributed by atoms with van der Waals surface area (Å²) >= 11 is 0. The first kappa shape index (κ1) is 11.4. The minimum absolute atomic E-state index is 0.148. The van der Waals surface area contributed by atoms with Crippen LogP contribution in [0.15, 0.2) is 29.4 Å². The zero-order valence-electron chi connectivity index (χ0n) is 9.20. The minimum Gasteiger partial charge on any atom is -0.492 e. The highest BCUT2D eigenvalue weighted by molar-refractivity contribution is 6.07. The van der Waals surface area contributed by atoms with E-state index in [1.54, 1.807) is 24.3 Å². The van der Waals surface area contributed by atoms with Crippen molar-refractivity contribution in [3.05, 3.63) is 40.3 Å². The fourth-order valence-corrected chi connectivity index (χ4v) is 1.81. The van der Waals surface area contributed by atoms with Crippen LogP contribution in [0.3, 0.4) is 0 Å². The second kappa shape index (κ2) is 4.08. The molecule has 6 nitrogen and oxygen atoms in total. The van der Waals surface area contributed by atoms with Crippen LogP contribution in [0.1, 0.15) is 17.3 Å². The van der Waals surface area contributed by atoms with Gasteiger partial charge in [-0.3, -0.25) is 4.79 Å². The van der Waals surface area contributed by atoms with Gasteiger partial charge in [-0.2, -0.15) is 0 Å². The minimum atomic E-state index is -1.57. The molecular weight excluding hydrogens is 222 g/mol. The molecule has 1 aromatic carbocycles. The van der Waals surface area contributed by atoms with Gasteiger partial charge in [0.1, 0.15) is 12.4 Å². The van der Waals surface area contributed by atoms with E-state index >= 15 is 0 Å². The Labute approximate surface area is 97.5 Å². The Morgan fingerprint density at radius 2 is 2.29 bits per heavy atom. The van der Waals surface area contributed by atoms with Gasteiger partial charge in [-0.1, -0.05) is 17.2 Å². The van der Waals surface area contributed by atoms with Crippen molar-refractivity contribution in [3.63, 3.8) is 0 Å². The number of hydrogen-bond donors (Lipinski definition) is 1. The Morgan fingerprint density at radius 3 is 2.94 bits per heavy atom. The second-order valence-corrected chi connectivity index (χ2v) is 3.90. The number of carbonyl (C=O) groups excluding carboxylic acids is 1. The molecule has 1 aliphatic heterocycles. The van der Waals surface area contributed by atoms with E-state index in [9.17, 15) is 9.90 Å². The molecular formula is C11H11N3O3. The third kappa shape index (κ3) is 1.63. The third-order valence-corrected chi connectivity index (χ3v) is 2.89. The van der Waals surface area contributed by atoms with Gasteiger partial charge in [-0.15, -0.1) is 0 Å². The second-order valence-electron chi connectivity index (χ2n) is 3.90. The topological polar surface area (TPSA) is 95.3 Å². The van der Waals surface area contributed by atoms with Crippen molar-refractivity contribution in [1.82, 2.24) is 0 Å². The van der Waals surface area contributed by atoms with Gasteiger partial charge in [0.2, 0.25) is 0 Å². The normalized spacial score (nSPS) is 24.2. The summed E-state index contributed by atoms with van der Waals surface area (Å²) in [6, 6.07) is 6.68. The zero-order valence-corrected chi connectivity index (χ0v) is 9.20. The van der Waals surface area contributed by atoms with Gasteiger partial charge in [0.15, 0.2) is 11.3 Å². The van der Waals surface area contributed by atoms with Gasteiger partial charge in [0, 0.05) is 4.91 Å². The van der Waals surface area contributed by atoms with E-state index in [-0.39, 0.29) is 6.61 Å². The summed E-state index contributed by atoms with van der Waals surface area (Å²) in [5, 5.41) is 13.1. The Balaban J connectivity index is 2.55. The number of Topliss-reactive ketones (excluding diaryl/α,β-unsaturated/α-hetero) is 1. The van der Waals surface area contributed by atoms with Crippen LogP contribution in [0, 0.1) is 0 Å². The maximum absolute atomic E-state index is 12.3. The van der Waals surface area contributed by atoms with Crippen LogP contribution < -0.4 is 4.74 Å². The largest absolute Gasteiger partial charge is 0.492 e. The van der Waals surface area contributed by atoms with E-state index in [1.807, 2.05) is 0 Å². The van der Waals surface area contributed by atoms with Crippen LogP contribution in [-0.4, -0.2) is 29.1 Å². The zero-order chi connectivity index (χ0) is 12.5. The van der Waals surface area contributed by atoms with Gasteiger partial charge >= 0.3 is 0 Å². The number of azide groups is 1. The molecule has 2 atom stereocenters. The van der Waals surface area contributed by atoms with Crippen molar-refractivity contribution in [2.24, 2.45) is 5.11 Å². The molecule has 1 N–H and O–H groups in total. The molecule has 1 heterocycles. The van der Waals surface area contributed by atoms with Crippen LogP contribution in [-0.2, 0) is 0 Å². The molecule has 6 heteroatoms. The molecule has 0 fully saturated rings. The van der Waals surface area contributed by atoms with Crippen molar-refractivity contribution in [3.8, 4) is 5.75 Å². The smallest absolute Gasteiger partial charge is 0.184 e. The highest BCUT2D eigenvalue weighted by Gasteiger charge is 2.47. The van der Waals surface area contributed by atoms with E-state index < -0.39 is 17.4 Å². The number of para-hydroxylation sites is 1. The fraction of sp³-hybridized carbons (Fsp3) is 0.364. The molecule has 88 valence electrons. The summed E-state index contributed by atoms with van der Waals surface area (Å²) in [4.78, 5) is 14.9. The molecule has 0 radical (unpaired) electrons. The lowest BCUT2D eigenvalue weighted by Gasteiger charge is -2.34. The summed E-state index contributed by atoms with van der Waals surface area (Å²) in [6.07, 6.45) is -1.11. The first-order chi connectivity index (χ1) is 8.12. The fourth-order valence-electron chi connectivity index (χ4n) is 1.81. The number of ketones is 1. The van der Waals surface area contributed by atoms with Gasteiger partial charge in [-0.25, -0.2) is 0 Å². The average molecular weight is 233 g/mol. The van der Waals surface area contributed by atoms with Crippen LogP contribution in [0.25, 0.3) is 10.4 Å². The molecule has 0 bridgehead atoms. The number of hydrogen-bond acceptors (Lipinski definition) is 4. The molecule has 0 aromatic heterocycles. The molecule has 0 aliphatic carbocycles. The van der Waals surface area contributed by atoms with E-state index in [4.69, 9.17) is 10.3 Å². The summed E-state index contributed by atoms with van der Waals surface area (Å²) in [5.74, 6) is 0.0362. The number of benzene rings is 1. The van der Waals surface area contributed by atoms with Crippen molar-refractivity contribution < 1.29 is 14.6 Å². The van der Waals surface area contributed by atoms with Crippen molar-refractivity contribution in [1.29, 1.82) is 0 Å². The lowest BCUT2D eigenvalue weighted by molar-refractivity contribution is 0.0415. The van der Waals surface area contributed by atoms with Gasteiger partial charge in [-0.05, 0) is 24.6 Å². The lowest BCUT2D eigenvalue weighted by Crippen LogP contribution is -2.53. The first-order valence-electron chi connectivity index (χ1n) is 5.13. The van der Waals surface area contributed by atoms with Crippen molar-refractivity contribution in [2.45, 2.75) is 18.6 Å². The van der Waals surface area contributed by atoms with Gasteiger partial charge in [0.25, 0.3) is 0 Å². The van der Waals surface area contributed by atoms with E-state index in [2.05, 4.69) is 10.0 Å². The third-order valence-electron chi connectivity index (χ3n) is 2.89. The lowest BCUT2D eigenvalue weighted by atomic mass is 9.84. The predicted molar refractivity (Wildman–Crippen MR) is 59.8 cm³/mol. The van der Waals surface area contributed by atoms with Crippen molar-refractivity contribution >= 4 is 5.78 Å². The molecule has 2 rings (SSSR count). The molecule has 0 saturated carbocycles. The maximum atomic E-state index is 12.3. The number of aliphatic hydroxyl groups excluding tert-OH is 1. The van der Waals surface area contributed by atoms with Crippen LogP contribution >= 0.6 is 0 Å². The highest BCUT2D eigenvalue weighted by atomic mass is 16.5. The molecule has 0 unspecified atom stereocenters.